The minimum absolute atomic E-state index is 0.0928. The zero-order valence-electron chi connectivity index (χ0n) is 9.29. The number of halogens is 1. The average Bonchev–Trinajstić information content (AvgIpc) is 2.65. The summed E-state index contributed by atoms with van der Waals surface area (Å²) in [7, 11) is 0. The first-order valence-corrected chi connectivity index (χ1v) is 6.53. The predicted molar refractivity (Wildman–Crippen MR) is 66.5 cm³/mol. The van der Waals surface area contributed by atoms with Gasteiger partial charge in [0.25, 0.3) is 0 Å². The van der Waals surface area contributed by atoms with Crippen LogP contribution in [0, 0.1) is 12.7 Å². The van der Waals surface area contributed by atoms with Gasteiger partial charge in [0, 0.05) is 11.4 Å². The van der Waals surface area contributed by atoms with Gasteiger partial charge in [-0.2, -0.15) is 11.8 Å². The lowest BCUT2D eigenvalue weighted by Gasteiger charge is -2.28. The third kappa shape index (κ3) is 2.50. The van der Waals surface area contributed by atoms with Gasteiger partial charge in [-0.05, 0) is 42.9 Å². The molecule has 1 fully saturated rings. The van der Waals surface area contributed by atoms with Gasteiger partial charge in [-0.25, -0.2) is 4.39 Å². The number of hydrogen-bond acceptors (Lipinski definition) is 3. The number of hydrogen-bond donors (Lipinski definition) is 2. The maximum absolute atomic E-state index is 13.2. The Balaban J connectivity index is 2.18. The lowest BCUT2D eigenvalue weighted by atomic mass is 9.99. The monoisotopic (exact) mass is 241 g/mol. The van der Waals surface area contributed by atoms with Crippen LogP contribution in [0.1, 0.15) is 12.0 Å². The van der Waals surface area contributed by atoms with Crippen molar-refractivity contribution in [3.05, 3.63) is 29.6 Å². The van der Waals surface area contributed by atoms with Crippen molar-refractivity contribution in [1.29, 1.82) is 0 Å². The van der Waals surface area contributed by atoms with Crippen LogP contribution in [0.4, 0.5) is 10.1 Å². The van der Waals surface area contributed by atoms with Gasteiger partial charge in [-0.15, -0.1) is 0 Å². The van der Waals surface area contributed by atoms with Gasteiger partial charge in [0.1, 0.15) is 5.82 Å². The summed E-state index contributed by atoms with van der Waals surface area (Å²) in [5.74, 6) is 1.68. The SMILES string of the molecule is Cc1cc(F)cc(NC2(CO)CCSC2)c1. The molecule has 1 unspecified atom stereocenters. The molecule has 0 amide bonds. The fourth-order valence-corrected chi connectivity index (χ4v) is 3.36. The quantitative estimate of drug-likeness (QED) is 0.852. The average molecular weight is 241 g/mol. The van der Waals surface area contributed by atoms with Gasteiger partial charge in [0.05, 0.1) is 12.1 Å². The van der Waals surface area contributed by atoms with Crippen molar-refractivity contribution in [3.63, 3.8) is 0 Å². The number of thioether (sulfide) groups is 1. The van der Waals surface area contributed by atoms with Gasteiger partial charge >= 0.3 is 0 Å². The molecule has 1 aromatic rings. The van der Waals surface area contributed by atoms with Crippen LogP contribution in [0.25, 0.3) is 0 Å². The van der Waals surface area contributed by atoms with E-state index in [4.69, 9.17) is 0 Å². The Bertz CT molecular complexity index is 357. The smallest absolute Gasteiger partial charge is 0.125 e. The second-order valence-corrected chi connectivity index (χ2v) is 5.49. The van der Waals surface area contributed by atoms with E-state index in [2.05, 4.69) is 5.32 Å². The largest absolute Gasteiger partial charge is 0.394 e. The molecule has 0 aliphatic carbocycles. The van der Waals surface area contributed by atoms with Crippen LogP contribution < -0.4 is 5.32 Å². The Hall–Kier alpha value is -0.740. The first-order chi connectivity index (χ1) is 7.63. The number of anilines is 1. The van der Waals surface area contributed by atoms with Crippen LogP contribution in [-0.4, -0.2) is 28.8 Å². The normalized spacial score (nSPS) is 24.7. The molecule has 1 aliphatic heterocycles. The van der Waals surface area contributed by atoms with E-state index < -0.39 is 0 Å². The van der Waals surface area contributed by atoms with Gasteiger partial charge in [-0.1, -0.05) is 0 Å². The summed E-state index contributed by atoms with van der Waals surface area (Å²) in [6.45, 7) is 1.96. The molecule has 1 saturated heterocycles. The molecule has 0 radical (unpaired) electrons. The fourth-order valence-electron chi connectivity index (χ4n) is 1.98. The first kappa shape index (κ1) is 11.7. The highest BCUT2D eigenvalue weighted by Gasteiger charge is 2.33. The number of nitrogens with one attached hydrogen (secondary N) is 1. The van der Waals surface area contributed by atoms with Gasteiger partial charge in [0.15, 0.2) is 0 Å². The molecule has 2 rings (SSSR count). The molecule has 1 heterocycles. The summed E-state index contributed by atoms with van der Waals surface area (Å²) in [5.41, 5.74) is 1.38. The zero-order chi connectivity index (χ0) is 11.6. The molecular weight excluding hydrogens is 225 g/mol. The number of rotatable bonds is 3. The van der Waals surface area contributed by atoms with Crippen LogP contribution in [-0.2, 0) is 0 Å². The number of aliphatic hydroxyl groups is 1. The molecular formula is C12H16FNOS. The fraction of sp³-hybridized carbons (Fsp3) is 0.500. The summed E-state index contributed by atoms with van der Waals surface area (Å²) in [5, 5.41) is 12.7. The molecule has 0 saturated carbocycles. The minimum atomic E-state index is -0.273. The molecule has 88 valence electrons. The predicted octanol–water partition coefficient (Wildman–Crippen LogP) is 2.41. The second-order valence-electron chi connectivity index (χ2n) is 4.38. The minimum Gasteiger partial charge on any atom is -0.394 e. The number of benzene rings is 1. The van der Waals surface area contributed by atoms with Crippen molar-refractivity contribution in [1.82, 2.24) is 0 Å². The van der Waals surface area contributed by atoms with Crippen molar-refractivity contribution in [2.24, 2.45) is 0 Å². The summed E-state index contributed by atoms with van der Waals surface area (Å²) >= 11 is 1.82. The molecule has 16 heavy (non-hydrogen) atoms. The first-order valence-electron chi connectivity index (χ1n) is 5.38. The third-order valence-electron chi connectivity index (χ3n) is 2.86. The zero-order valence-corrected chi connectivity index (χ0v) is 10.1. The lowest BCUT2D eigenvalue weighted by Crippen LogP contribution is -2.42. The van der Waals surface area contributed by atoms with Crippen LogP contribution in [0.2, 0.25) is 0 Å². The Morgan fingerprint density at radius 2 is 2.31 bits per heavy atom. The van der Waals surface area contributed by atoms with E-state index in [1.165, 1.54) is 12.1 Å². The van der Waals surface area contributed by atoms with E-state index in [0.717, 1.165) is 29.2 Å². The van der Waals surface area contributed by atoms with Crippen molar-refractivity contribution < 1.29 is 9.50 Å². The third-order valence-corrected chi connectivity index (χ3v) is 4.11. The van der Waals surface area contributed by atoms with E-state index in [-0.39, 0.29) is 18.0 Å². The highest BCUT2D eigenvalue weighted by molar-refractivity contribution is 7.99. The van der Waals surface area contributed by atoms with E-state index in [0.29, 0.717) is 0 Å². The molecule has 4 heteroatoms. The maximum Gasteiger partial charge on any atom is 0.125 e. The van der Waals surface area contributed by atoms with E-state index in [9.17, 15) is 9.50 Å². The molecule has 1 aliphatic rings. The van der Waals surface area contributed by atoms with Crippen LogP contribution in [0.5, 0.6) is 0 Å². The standard InChI is InChI=1S/C12H16FNOS/c1-9-4-10(13)6-11(5-9)14-12(7-15)2-3-16-8-12/h4-6,14-15H,2-3,7-8H2,1H3. The van der Waals surface area contributed by atoms with Crippen LogP contribution in [0.3, 0.4) is 0 Å². The molecule has 2 N–H and O–H groups in total. The molecule has 0 spiro atoms. The van der Waals surface area contributed by atoms with Crippen molar-refractivity contribution >= 4 is 17.4 Å². The van der Waals surface area contributed by atoms with Crippen LogP contribution >= 0.6 is 11.8 Å². The van der Waals surface area contributed by atoms with Crippen LogP contribution in [0.15, 0.2) is 18.2 Å². The molecule has 0 aromatic heterocycles. The second kappa shape index (κ2) is 4.63. The summed E-state index contributed by atoms with van der Waals surface area (Å²) in [6.07, 6.45) is 0.920. The van der Waals surface area contributed by atoms with E-state index in [1.807, 2.05) is 24.8 Å². The number of aryl methyl sites for hydroxylation is 1. The Labute approximate surface area is 99.2 Å². The van der Waals surface area contributed by atoms with E-state index in [1.54, 1.807) is 0 Å². The lowest BCUT2D eigenvalue weighted by molar-refractivity contribution is 0.226. The summed E-state index contributed by atoms with van der Waals surface area (Å²) in [6, 6.07) is 4.89. The highest BCUT2D eigenvalue weighted by Crippen LogP contribution is 2.31. The molecule has 1 atom stereocenters. The van der Waals surface area contributed by atoms with Crippen molar-refractivity contribution in [2.75, 3.05) is 23.4 Å². The topological polar surface area (TPSA) is 32.3 Å². The Kier molecular flexibility index (Phi) is 3.40. The molecule has 2 nitrogen and oxygen atoms in total. The Morgan fingerprint density at radius 3 is 2.88 bits per heavy atom. The molecule has 1 aromatic carbocycles. The van der Waals surface area contributed by atoms with Gasteiger partial charge in [0.2, 0.25) is 0 Å². The summed E-state index contributed by atoms with van der Waals surface area (Å²) in [4.78, 5) is 0. The van der Waals surface area contributed by atoms with Crippen molar-refractivity contribution in [2.45, 2.75) is 18.9 Å². The van der Waals surface area contributed by atoms with Gasteiger partial charge in [-0.3, -0.25) is 0 Å². The molecule has 0 bridgehead atoms. The van der Waals surface area contributed by atoms with Crippen molar-refractivity contribution in [3.8, 4) is 0 Å². The highest BCUT2D eigenvalue weighted by atomic mass is 32.2. The summed E-state index contributed by atoms with van der Waals surface area (Å²) < 4.78 is 13.2. The Morgan fingerprint density at radius 1 is 1.50 bits per heavy atom. The van der Waals surface area contributed by atoms with Gasteiger partial charge < -0.3 is 10.4 Å². The maximum atomic E-state index is 13.2. The van der Waals surface area contributed by atoms with E-state index >= 15 is 0 Å². The number of aliphatic hydroxyl groups excluding tert-OH is 1.